The molecule has 0 aliphatic carbocycles. The van der Waals surface area contributed by atoms with Crippen LogP contribution in [0.2, 0.25) is 0 Å². The standard InChI is InChI=1S/C22H30N2O6S2/c1-9-24-22(30-32(28,29)10-2)20(16(7)23-24)21(25)17-11-12-18(31(8,26)27)19(15(17)6)14(5)13(3)4/h11-12H,9-10H2,1-8H3. The molecule has 32 heavy (non-hydrogen) atoms. The molecule has 2 rings (SSSR count). The third-order valence-electron chi connectivity index (χ3n) is 5.36. The Morgan fingerprint density at radius 2 is 1.62 bits per heavy atom. The lowest BCUT2D eigenvalue weighted by Gasteiger charge is -2.17. The number of benzene rings is 1. The number of aromatic nitrogens is 2. The first-order valence-corrected chi connectivity index (χ1v) is 13.6. The van der Waals surface area contributed by atoms with Gasteiger partial charge in [0.05, 0.1) is 16.3 Å². The molecule has 1 aromatic carbocycles. The van der Waals surface area contributed by atoms with Gasteiger partial charge in [0.25, 0.3) is 0 Å². The van der Waals surface area contributed by atoms with Gasteiger partial charge in [-0.3, -0.25) is 4.79 Å². The quantitative estimate of drug-likeness (QED) is 0.416. The molecule has 0 radical (unpaired) electrons. The average Bonchev–Trinajstić information content (AvgIpc) is 3.00. The van der Waals surface area contributed by atoms with Crippen molar-refractivity contribution in [3.05, 3.63) is 45.7 Å². The molecule has 1 aromatic heterocycles. The van der Waals surface area contributed by atoms with Crippen LogP contribution in [0, 0.1) is 13.8 Å². The first-order valence-electron chi connectivity index (χ1n) is 10.2. The summed E-state index contributed by atoms with van der Waals surface area (Å²) in [5.74, 6) is -0.881. The highest BCUT2D eigenvalue weighted by atomic mass is 32.2. The minimum absolute atomic E-state index is 0.0416. The van der Waals surface area contributed by atoms with Crippen LogP contribution in [0.1, 0.15) is 67.4 Å². The van der Waals surface area contributed by atoms with Crippen molar-refractivity contribution in [3.8, 4) is 5.88 Å². The van der Waals surface area contributed by atoms with Crippen molar-refractivity contribution in [2.75, 3.05) is 12.0 Å². The normalized spacial score (nSPS) is 12.0. The van der Waals surface area contributed by atoms with E-state index >= 15 is 0 Å². The van der Waals surface area contributed by atoms with E-state index in [0.29, 0.717) is 23.4 Å². The fourth-order valence-electron chi connectivity index (χ4n) is 3.39. The van der Waals surface area contributed by atoms with E-state index in [0.717, 1.165) is 17.4 Å². The van der Waals surface area contributed by atoms with Gasteiger partial charge >= 0.3 is 10.1 Å². The lowest BCUT2D eigenvalue weighted by molar-refractivity contribution is 0.103. The lowest BCUT2D eigenvalue weighted by atomic mass is 9.91. The molecule has 0 saturated carbocycles. The van der Waals surface area contributed by atoms with Gasteiger partial charge in [-0.05, 0) is 77.3 Å². The Morgan fingerprint density at radius 1 is 1.03 bits per heavy atom. The molecule has 10 heteroatoms. The Morgan fingerprint density at radius 3 is 2.09 bits per heavy atom. The van der Waals surface area contributed by atoms with Crippen molar-refractivity contribution in [2.45, 2.75) is 59.9 Å². The van der Waals surface area contributed by atoms with Gasteiger partial charge in [-0.1, -0.05) is 5.57 Å². The SMILES string of the molecule is CCn1nc(C)c(C(=O)c2ccc(S(C)(=O)=O)c(C(C)=C(C)C)c2C)c1OS(=O)(=O)CC. The van der Waals surface area contributed by atoms with Crippen LogP contribution in [0.3, 0.4) is 0 Å². The summed E-state index contributed by atoms with van der Waals surface area (Å²) < 4.78 is 55.7. The summed E-state index contributed by atoms with van der Waals surface area (Å²) in [5, 5.41) is 4.27. The number of aryl methyl sites for hydroxylation is 2. The zero-order valence-electron chi connectivity index (χ0n) is 19.7. The van der Waals surface area contributed by atoms with E-state index in [2.05, 4.69) is 5.10 Å². The minimum Gasteiger partial charge on any atom is -0.361 e. The van der Waals surface area contributed by atoms with Crippen molar-refractivity contribution >= 4 is 31.3 Å². The predicted octanol–water partition coefficient (Wildman–Crippen LogP) is 3.70. The summed E-state index contributed by atoms with van der Waals surface area (Å²) in [6, 6.07) is 2.87. The molecule has 0 aliphatic heterocycles. The third-order valence-corrected chi connectivity index (χ3v) is 7.62. The van der Waals surface area contributed by atoms with Crippen LogP contribution in [0.15, 0.2) is 22.6 Å². The fraction of sp³-hybridized carbons (Fsp3) is 0.455. The first kappa shape index (κ1) is 25.8. The van der Waals surface area contributed by atoms with Gasteiger partial charge in [0.15, 0.2) is 9.84 Å². The molecule has 0 atom stereocenters. The molecule has 0 amide bonds. The van der Waals surface area contributed by atoms with E-state index in [-0.39, 0.29) is 27.7 Å². The number of carbonyl (C=O) groups excluding carboxylic acids is 1. The lowest BCUT2D eigenvalue weighted by Crippen LogP contribution is -2.17. The van der Waals surface area contributed by atoms with Crippen LogP contribution in [-0.2, 0) is 26.5 Å². The predicted molar refractivity (Wildman–Crippen MR) is 124 cm³/mol. The number of ketones is 1. The van der Waals surface area contributed by atoms with Crippen LogP contribution in [0.25, 0.3) is 5.57 Å². The summed E-state index contributed by atoms with van der Waals surface area (Å²) in [6.45, 7) is 12.3. The van der Waals surface area contributed by atoms with Crippen LogP contribution < -0.4 is 4.18 Å². The highest BCUT2D eigenvalue weighted by Crippen LogP contribution is 2.34. The number of sulfone groups is 1. The largest absolute Gasteiger partial charge is 0.361 e. The maximum absolute atomic E-state index is 13.6. The molecule has 0 spiro atoms. The van der Waals surface area contributed by atoms with E-state index in [1.807, 2.05) is 20.8 Å². The van der Waals surface area contributed by atoms with Crippen molar-refractivity contribution in [2.24, 2.45) is 0 Å². The average molecular weight is 483 g/mol. The Bertz CT molecular complexity index is 1310. The van der Waals surface area contributed by atoms with Crippen LogP contribution in [0.5, 0.6) is 5.88 Å². The second kappa shape index (κ2) is 9.19. The number of hydrogen-bond donors (Lipinski definition) is 0. The Labute approximate surface area is 190 Å². The monoisotopic (exact) mass is 482 g/mol. The molecule has 176 valence electrons. The first-order chi connectivity index (χ1) is 14.7. The van der Waals surface area contributed by atoms with E-state index < -0.39 is 25.7 Å². The minimum atomic E-state index is -3.90. The molecule has 0 unspecified atom stereocenters. The molecule has 0 bridgehead atoms. The second-order valence-electron chi connectivity index (χ2n) is 7.85. The van der Waals surface area contributed by atoms with Crippen LogP contribution in [-0.4, -0.2) is 44.4 Å². The van der Waals surface area contributed by atoms with Crippen LogP contribution >= 0.6 is 0 Å². The number of nitrogens with zero attached hydrogens (tertiary/aromatic N) is 2. The summed E-state index contributed by atoms with van der Waals surface area (Å²) in [6.07, 6.45) is 1.13. The number of hydrogen-bond acceptors (Lipinski definition) is 7. The molecule has 8 nitrogen and oxygen atoms in total. The molecule has 1 heterocycles. The highest BCUT2D eigenvalue weighted by molar-refractivity contribution is 7.90. The van der Waals surface area contributed by atoms with Crippen LogP contribution in [0.4, 0.5) is 0 Å². The van der Waals surface area contributed by atoms with Crippen molar-refractivity contribution < 1.29 is 25.8 Å². The number of rotatable bonds is 8. The maximum atomic E-state index is 13.6. The molecule has 0 saturated heterocycles. The summed E-state index contributed by atoms with van der Waals surface area (Å²) >= 11 is 0. The van der Waals surface area contributed by atoms with E-state index in [1.165, 1.54) is 23.7 Å². The summed E-state index contributed by atoms with van der Waals surface area (Å²) in [7, 11) is -7.45. The molecule has 0 N–H and O–H groups in total. The zero-order chi connectivity index (χ0) is 24.6. The summed E-state index contributed by atoms with van der Waals surface area (Å²) in [4.78, 5) is 13.8. The smallest absolute Gasteiger partial charge is 0.310 e. The number of allylic oxidation sites excluding steroid dienone is 2. The van der Waals surface area contributed by atoms with E-state index in [1.54, 1.807) is 20.8 Å². The van der Waals surface area contributed by atoms with Gasteiger partial charge < -0.3 is 4.18 Å². The Balaban J connectivity index is 2.85. The van der Waals surface area contributed by atoms with Crippen molar-refractivity contribution in [1.29, 1.82) is 0 Å². The molecule has 0 fully saturated rings. The van der Waals surface area contributed by atoms with E-state index in [9.17, 15) is 21.6 Å². The Kier molecular flexibility index (Phi) is 7.41. The highest BCUT2D eigenvalue weighted by Gasteiger charge is 2.29. The van der Waals surface area contributed by atoms with Crippen molar-refractivity contribution in [3.63, 3.8) is 0 Å². The second-order valence-corrected chi connectivity index (χ2v) is 11.7. The summed E-state index contributed by atoms with van der Waals surface area (Å²) in [5.41, 5.74) is 3.25. The van der Waals surface area contributed by atoms with Gasteiger partial charge in [-0.15, -0.1) is 0 Å². The van der Waals surface area contributed by atoms with E-state index in [4.69, 9.17) is 4.18 Å². The fourth-order valence-corrected chi connectivity index (χ4v) is 4.91. The Hall–Kier alpha value is -2.46. The van der Waals surface area contributed by atoms with Crippen molar-refractivity contribution in [1.82, 2.24) is 9.78 Å². The molecular weight excluding hydrogens is 452 g/mol. The van der Waals surface area contributed by atoms with Gasteiger partial charge in [0.2, 0.25) is 11.7 Å². The van der Waals surface area contributed by atoms with Gasteiger partial charge in [-0.2, -0.15) is 13.5 Å². The topological polar surface area (TPSA) is 112 Å². The maximum Gasteiger partial charge on any atom is 0.310 e. The molecule has 2 aromatic rings. The van der Waals surface area contributed by atoms with Gasteiger partial charge in [0.1, 0.15) is 5.56 Å². The number of carbonyl (C=O) groups is 1. The molecule has 0 aliphatic rings. The van der Waals surface area contributed by atoms with Gasteiger partial charge in [-0.25, -0.2) is 13.1 Å². The third kappa shape index (κ3) is 4.96. The zero-order valence-corrected chi connectivity index (χ0v) is 21.4. The molecular formula is C22H30N2O6S2. The van der Waals surface area contributed by atoms with Gasteiger partial charge in [0, 0.05) is 18.4 Å².